The molecule has 0 unspecified atom stereocenters. The van der Waals surface area contributed by atoms with Crippen molar-refractivity contribution in [1.82, 2.24) is 5.32 Å². The molecule has 0 aromatic heterocycles. The standard InChI is InChI=1S/C15H21F2NO/c1-11(18-13-6-8-19-9-7-13)2-3-12-4-5-14(16)15(17)10-12/h4-5,10-11,13,18H,2-3,6-9H2,1H3/t11-/m1/s1. The zero-order valence-electron chi connectivity index (χ0n) is 11.3. The Morgan fingerprint density at radius 3 is 2.68 bits per heavy atom. The minimum absolute atomic E-state index is 0.371. The van der Waals surface area contributed by atoms with E-state index >= 15 is 0 Å². The van der Waals surface area contributed by atoms with Gasteiger partial charge < -0.3 is 10.1 Å². The number of ether oxygens (including phenoxy) is 1. The zero-order valence-corrected chi connectivity index (χ0v) is 11.3. The molecule has 0 radical (unpaired) electrons. The summed E-state index contributed by atoms with van der Waals surface area (Å²) >= 11 is 0. The van der Waals surface area contributed by atoms with Crippen molar-refractivity contribution in [2.24, 2.45) is 0 Å². The topological polar surface area (TPSA) is 21.3 Å². The summed E-state index contributed by atoms with van der Waals surface area (Å²) in [5.41, 5.74) is 0.847. The van der Waals surface area contributed by atoms with Gasteiger partial charge in [-0.05, 0) is 50.3 Å². The molecule has 19 heavy (non-hydrogen) atoms. The predicted octanol–water partition coefficient (Wildman–Crippen LogP) is 3.05. The van der Waals surface area contributed by atoms with Crippen molar-refractivity contribution in [3.05, 3.63) is 35.4 Å². The summed E-state index contributed by atoms with van der Waals surface area (Å²) < 4.78 is 31.2. The lowest BCUT2D eigenvalue weighted by atomic mass is 10.0. The first kappa shape index (κ1) is 14.4. The lowest BCUT2D eigenvalue weighted by molar-refractivity contribution is 0.0752. The first-order chi connectivity index (χ1) is 9.15. The van der Waals surface area contributed by atoms with Crippen molar-refractivity contribution in [3.63, 3.8) is 0 Å². The van der Waals surface area contributed by atoms with E-state index in [-0.39, 0.29) is 0 Å². The van der Waals surface area contributed by atoms with E-state index in [0.29, 0.717) is 12.1 Å². The molecule has 0 saturated carbocycles. The van der Waals surface area contributed by atoms with E-state index in [4.69, 9.17) is 4.74 Å². The van der Waals surface area contributed by atoms with E-state index < -0.39 is 11.6 Å². The predicted molar refractivity (Wildman–Crippen MR) is 71.1 cm³/mol. The summed E-state index contributed by atoms with van der Waals surface area (Å²) in [5, 5.41) is 3.57. The second kappa shape index (κ2) is 6.96. The fourth-order valence-electron chi connectivity index (χ4n) is 2.43. The normalized spacial score (nSPS) is 18.5. The smallest absolute Gasteiger partial charge is 0.159 e. The zero-order chi connectivity index (χ0) is 13.7. The highest BCUT2D eigenvalue weighted by molar-refractivity contribution is 5.17. The maximum absolute atomic E-state index is 13.1. The summed E-state index contributed by atoms with van der Waals surface area (Å²) in [6.07, 6.45) is 3.78. The molecule has 2 nitrogen and oxygen atoms in total. The van der Waals surface area contributed by atoms with Crippen LogP contribution in [0.1, 0.15) is 31.7 Å². The third-order valence-corrected chi connectivity index (χ3v) is 3.59. The van der Waals surface area contributed by atoms with Crippen molar-refractivity contribution in [2.75, 3.05) is 13.2 Å². The lowest BCUT2D eigenvalue weighted by Gasteiger charge is -2.26. The van der Waals surface area contributed by atoms with Crippen LogP contribution in [0, 0.1) is 11.6 Å². The molecule has 1 aliphatic heterocycles. The van der Waals surface area contributed by atoms with Gasteiger partial charge in [0.05, 0.1) is 0 Å². The van der Waals surface area contributed by atoms with E-state index in [1.54, 1.807) is 6.07 Å². The Morgan fingerprint density at radius 1 is 1.26 bits per heavy atom. The fraction of sp³-hybridized carbons (Fsp3) is 0.600. The number of benzene rings is 1. The first-order valence-electron chi connectivity index (χ1n) is 6.93. The van der Waals surface area contributed by atoms with Crippen LogP contribution in [0.5, 0.6) is 0 Å². The molecule has 1 aromatic carbocycles. The van der Waals surface area contributed by atoms with Crippen LogP contribution in [-0.2, 0) is 11.2 Å². The quantitative estimate of drug-likeness (QED) is 0.887. The summed E-state index contributed by atoms with van der Waals surface area (Å²) in [5.74, 6) is -1.54. The Hall–Kier alpha value is -1.00. The number of hydrogen-bond donors (Lipinski definition) is 1. The van der Waals surface area contributed by atoms with Crippen LogP contribution in [0.2, 0.25) is 0 Å². The highest BCUT2D eigenvalue weighted by Crippen LogP contribution is 2.13. The van der Waals surface area contributed by atoms with E-state index in [0.717, 1.165) is 44.5 Å². The number of halogens is 2. The maximum atomic E-state index is 13.1. The molecular weight excluding hydrogens is 248 g/mol. The minimum atomic E-state index is -0.780. The average Bonchev–Trinajstić information content (AvgIpc) is 2.41. The van der Waals surface area contributed by atoms with E-state index in [1.165, 1.54) is 12.1 Å². The van der Waals surface area contributed by atoms with Crippen LogP contribution < -0.4 is 5.32 Å². The molecule has 0 aliphatic carbocycles. The molecule has 1 aliphatic rings. The van der Waals surface area contributed by atoms with E-state index in [2.05, 4.69) is 12.2 Å². The number of nitrogens with one attached hydrogen (secondary N) is 1. The summed E-state index contributed by atoms with van der Waals surface area (Å²) in [6, 6.07) is 5.03. The molecule has 106 valence electrons. The van der Waals surface area contributed by atoms with Crippen molar-refractivity contribution >= 4 is 0 Å². The number of aryl methyl sites for hydroxylation is 1. The summed E-state index contributed by atoms with van der Waals surface area (Å²) in [4.78, 5) is 0. The number of rotatable bonds is 5. The van der Waals surface area contributed by atoms with Crippen molar-refractivity contribution in [3.8, 4) is 0 Å². The molecule has 1 heterocycles. The van der Waals surface area contributed by atoms with Gasteiger partial charge in [0, 0.05) is 25.3 Å². The van der Waals surface area contributed by atoms with Gasteiger partial charge in [0.1, 0.15) is 0 Å². The molecule has 1 N–H and O–H groups in total. The van der Waals surface area contributed by atoms with Gasteiger partial charge in [-0.15, -0.1) is 0 Å². The monoisotopic (exact) mass is 269 g/mol. The Morgan fingerprint density at radius 2 is 2.00 bits per heavy atom. The molecule has 1 saturated heterocycles. The van der Waals surface area contributed by atoms with Gasteiger partial charge in [-0.2, -0.15) is 0 Å². The average molecular weight is 269 g/mol. The summed E-state index contributed by atoms with van der Waals surface area (Å²) in [6.45, 7) is 3.79. The minimum Gasteiger partial charge on any atom is -0.381 e. The van der Waals surface area contributed by atoms with Gasteiger partial charge in [-0.25, -0.2) is 8.78 Å². The second-order valence-electron chi connectivity index (χ2n) is 5.24. The van der Waals surface area contributed by atoms with Crippen LogP contribution in [0.4, 0.5) is 8.78 Å². The van der Waals surface area contributed by atoms with Crippen molar-refractivity contribution in [2.45, 2.75) is 44.7 Å². The van der Waals surface area contributed by atoms with Gasteiger partial charge in [0.2, 0.25) is 0 Å². The molecular formula is C15H21F2NO. The molecule has 4 heteroatoms. The molecule has 1 atom stereocenters. The van der Waals surface area contributed by atoms with Gasteiger partial charge in [-0.3, -0.25) is 0 Å². The third-order valence-electron chi connectivity index (χ3n) is 3.59. The first-order valence-corrected chi connectivity index (χ1v) is 6.93. The Kier molecular flexibility index (Phi) is 5.28. The highest BCUT2D eigenvalue weighted by Gasteiger charge is 2.15. The van der Waals surface area contributed by atoms with Crippen molar-refractivity contribution in [1.29, 1.82) is 0 Å². The SMILES string of the molecule is C[C@H](CCc1ccc(F)c(F)c1)NC1CCOCC1. The molecule has 0 spiro atoms. The molecule has 0 bridgehead atoms. The second-order valence-corrected chi connectivity index (χ2v) is 5.24. The third kappa shape index (κ3) is 4.55. The Labute approximate surface area is 113 Å². The largest absolute Gasteiger partial charge is 0.381 e. The van der Waals surface area contributed by atoms with Crippen LogP contribution in [0.25, 0.3) is 0 Å². The molecule has 2 rings (SSSR count). The summed E-state index contributed by atoms with van der Waals surface area (Å²) in [7, 11) is 0. The maximum Gasteiger partial charge on any atom is 0.159 e. The molecule has 1 aromatic rings. The Bertz CT molecular complexity index is 405. The van der Waals surface area contributed by atoms with Gasteiger partial charge >= 0.3 is 0 Å². The number of hydrogen-bond acceptors (Lipinski definition) is 2. The lowest BCUT2D eigenvalue weighted by Crippen LogP contribution is -2.40. The van der Waals surface area contributed by atoms with Gasteiger partial charge in [0.25, 0.3) is 0 Å². The van der Waals surface area contributed by atoms with Gasteiger partial charge in [-0.1, -0.05) is 6.07 Å². The fourth-order valence-corrected chi connectivity index (χ4v) is 2.43. The van der Waals surface area contributed by atoms with E-state index in [9.17, 15) is 8.78 Å². The van der Waals surface area contributed by atoms with Gasteiger partial charge in [0.15, 0.2) is 11.6 Å². The van der Waals surface area contributed by atoms with Crippen LogP contribution in [0.3, 0.4) is 0 Å². The highest BCUT2D eigenvalue weighted by atomic mass is 19.2. The molecule has 0 amide bonds. The van der Waals surface area contributed by atoms with Crippen LogP contribution in [-0.4, -0.2) is 25.3 Å². The van der Waals surface area contributed by atoms with Crippen molar-refractivity contribution < 1.29 is 13.5 Å². The van der Waals surface area contributed by atoms with E-state index in [1.807, 2.05) is 0 Å². The van der Waals surface area contributed by atoms with Crippen LogP contribution in [0.15, 0.2) is 18.2 Å². The molecule has 1 fully saturated rings. The Balaban J connectivity index is 1.75. The van der Waals surface area contributed by atoms with Crippen LogP contribution >= 0.6 is 0 Å².